The molecule has 1 heterocycles. The molecule has 84 valence electrons. The summed E-state index contributed by atoms with van der Waals surface area (Å²) in [4.78, 5) is 0. The van der Waals surface area contributed by atoms with Gasteiger partial charge in [0.2, 0.25) is 0 Å². The summed E-state index contributed by atoms with van der Waals surface area (Å²) in [5.74, 6) is -1.00. The van der Waals surface area contributed by atoms with Gasteiger partial charge in [0.25, 0.3) is 0 Å². The number of H-pyrrole nitrogens is 1. The second-order valence-corrected chi connectivity index (χ2v) is 3.47. The molecule has 3 N–H and O–H groups in total. The van der Waals surface area contributed by atoms with E-state index in [0.717, 1.165) is 11.8 Å². The van der Waals surface area contributed by atoms with Crippen LogP contribution in [0.3, 0.4) is 0 Å². The van der Waals surface area contributed by atoms with E-state index in [9.17, 15) is 8.78 Å². The lowest BCUT2D eigenvalue weighted by atomic mass is 10.0. The van der Waals surface area contributed by atoms with Gasteiger partial charge in [0.05, 0.1) is 0 Å². The first-order chi connectivity index (χ1) is 7.61. The van der Waals surface area contributed by atoms with E-state index in [1.54, 1.807) is 0 Å². The van der Waals surface area contributed by atoms with Crippen LogP contribution in [0, 0.1) is 11.6 Å². The second-order valence-electron chi connectivity index (χ2n) is 3.47. The first-order valence-corrected chi connectivity index (χ1v) is 4.91. The Morgan fingerprint density at radius 1 is 1.25 bits per heavy atom. The number of aryl methyl sites for hydroxylation is 1. The number of halogens is 2. The highest BCUT2D eigenvalue weighted by Gasteiger charge is 2.13. The fourth-order valence-corrected chi connectivity index (χ4v) is 1.67. The normalized spacial score (nSPS) is 10.7. The summed E-state index contributed by atoms with van der Waals surface area (Å²) in [7, 11) is 0. The molecule has 0 aliphatic heterocycles. The maximum Gasteiger partial charge on any atom is 0.153 e. The molecule has 0 aliphatic carbocycles. The standard InChI is InChI=1S/C11H11F2N3/c1-2-9-10(11(14)16-15-9)6-3-7(12)5-8(13)4-6/h3-5H,2H2,1H3,(H3,14,15,16). The van der Waals surface area contributed by atoms with E-state index in [1.807, 2.05) is 6.92 Å². The number of nitrogens with zero attached hydrogens (tertiary/aromatic N) is 1. The van der Waals surface area contributed by atoms with Crippen molar-refractivity contribution in [3.05, 3.63) is 35.5 Å². The summed E-state index contributed by atoms with van der Waals surface area (Å²) < 4.78 is 26.2. The van der Waals surface area contributed by atoms with E-state index < -0.39 is 11.6 Å². The van der Waals surface area contributed by atoms with Gasteiger partial charge in [-0.1, -0.05) is 6.92 Å². The summed E-state index contributed by atoms with van der Waals surface area (Å²) in [5.41, 5.74) is 7.40. The molecule has 3 nitrogen and oxygen atoms in total. The number of nitrogen functional groups attached to an aromatic ring is 1. The molecule has 2 aromatic rings. The summed E-state index contributed by atoms with van der Waals surface area (Å²) in [6.45, 7) is 1.91. The Hall–Kier alpha value is -1.91. The van der Waals surface area contributed by atoms with Crippen molar-refractivity contribution in [3.63, 3.8) is 0 Å². The highest BCUT2D eigenvalue weighted by atomic mass is 19.1. The third kappa shape index (κ3) is 1.76. The van der Waals surface area contributed by atoms with Gasteiger partial charge in [0, 0.05) is 17.3 Å². The molecular weight excluding hydrogens is 212 g/mol. The maximum absolute atomic E-state index is 13.1. The van der Waals surface area contributed by atoms with Gasteiger partial charge >= 0.3 is 0 Å². The molecule has 16 heavy (non-hydrogen) atoms. The molecule has 0 spiro atoms. The Labute approximate surface area is 91.3 Å². The number of anilines is 1. The van der Waals surface area contributed by atoms with E-state index in [4.69, 9.17) is 5.73 Å². The van der Waals surface area contributed by atoms with Crippen LogP contribution in [0.25, 0.3) is 11.1 Å². The van der Waals surface area contributed by atoms with Crippen LogP contribution in [0.2, 0.25) is 0 Å². The van der Waals surface area contributed by atoms with Gasteiger partial charge in [0.1, 0.15) is 11.6 Å². The Bertz CT molecular complexity index is 500. The first-order valence-electron chi connectivity index (χ1n) is 4.91. The Morgan fingerprint density at radius 3 is 2.44 bits per heavy atom. The number of aromatic amines is 1. The van der Waals surface area contributed by atoms with Crippen molar-refractivity contribution < 1.29 is 8.78 Å². The van der Waals surface area contributed by atoms with Crippen molar-refractivity contribution in [1.29, 1.82) is 0 Å². The van der Waals surface area contributed by atoms with E-state index in [0.29, 0.717) is 17.5 Å². The lowest BCUT2D eigenvalue weighted by molar-refractivity contribution is 0.584. The third-order valence-corrected chi connectivity index (χ3v) is 2.37. The van der Waals surface area contributed by atoms with Crippen LogP contribution >= 0.6 is 0 Å². The van der Waals surface area contributed by atoms with Gasteiger partial charge in [-0.25, -0.2) is 8.78 Å². The number of nitrogens with one attached hydrogen (secondary N) is 1. The average molecular weight is 223 g/mol. The number of benzene rings is 1. The minimum Gasteiger partial charge on any atom is -0.382 e. The van der Waals surface area contributed by atoms with Crippen LogP contribution in [-0.2, 0) is 6.42 Å². The fourth-order valence-electron chi connectivity index (χ4n) is 1.67. The predicted molar refractivity (Wildman–Crippen MR) is 57.7 cm³/mol. The Kier molecular flexibility index (Phi) is 2.60. The van der Waals surface area contributed by atoms with Gasteiger partial charge in [-0.05, 0) is 24.1 Å². The Balaban J connectivity index is 2.61. The number of rotatable bonds is 2. The number of nitrogens with two attached hydrogens (primary N) is 1. The molecular formula is C11H11F2N3. The molecule has 0 saturated carbocycles. The van der Waals surface area contributed by atoms with Gasteiger partial charge in [0.15, 0.2) is 5.82 Å². The van der Waals surface area contributed by atoms with E-state index in [1.165, 1.54) is 12.1 Å². The third-order valence-electron chi connectivity index (χ3n) is 2.37. The van der Waals surface area contributed by atoms with Gasteiger partial charge in [-0.3, -0.25) is 5.10 Å². The SMILES string of the molecule is CCc1[nH]nc(N)c1-c1cc(F)cc(F)c1. The quantitative estimate of drug-likeness (QED) is 0.821. The van der Waals surface area contributed by atoms with Crippen LogP contribution in [0.4, 0.5) is 14.6 Å². The zero-order valence-electron chi connectivity index (χ0n) is 8.72. The molecule has 1 aromatic heterocycles. The van der Waals surface area contributed by atoms with Crippen molar-refractivity contribution in [1.82, 2.24) is 10.2 Å². The molecule has 0 radical (unpaired) electrons. The summed E-state index contributed by atoms with van der Waals surface area (Å²) in [6.07, 6.45) is 0.664. The van der Waals surface area contributed by atoms with E-state index in [2.05, 4.69) is 10.2 Å². The van der Waals surface area contributed by atoms with E-state index >= 15 is 0 Å². The molecule has 0 unspecified atom stereocenters. The summed E-state index contributed by atoms with van der Waals surface area (Å²) >= 11 is 0. The van der Waals surface area contributed by atoms with Crippen LogP contribution in [-0.4, -0.2) is 10.2 Å². The second kappa shape index (κ2) is 3.92. The molecule has 1 aromatic carbocycles. The number of aromatic nitrogens is 2. The molecule has 2 rings (SSSR count). The lowest BCUT2D eigenvalue weighted by Crippen LogP contribution is -1.91. The summed E-state index contributed by atoms with van der Waals surface area (Å²) in [5, 5.41) is 6.57. The van der Waals surface area contributed by atoms with Crippen molar-refractivity contribution in [2.45, 2.75) is 13.3 Å². The Morgan fingerprint density at radius 2 is 1.88 bits per heavy atom. The molecule has 0 amide bonds. The zero-order valence-corrected chi connectivity index (χ0v) is 8.72. The molecule has 5 heteroatoms. The van der Waals surface area contributed by atoms with Gasteiger partial charge in [-0.2, -0.15) is 5.10 Å². The monoisotopic (exact) mass is 223 g/mol. The van der Waals surface area contributed by atoms with Crippen LogP contribution in [0.1, 0.15) is 12.6 Å². The highest BCUT2D eigenvalue weighted by Crippen LogP contribution is 2.29. The highest BCUT2D eigenvalue weighted by molar-refractivity contribution is 5.76. The number of hydrogen-bond acceptors (Lipinski definition) is 2. The smallest absolute Gasteiger partial charge is 0.153 e. The van der Waals surface area contributed by atoms with Crippen molar-refractivity contribution in [2.75, 3.05) is 5.73 Å². The molecule has 0 aliphatic rings. The van der Waals surface area contributed by atoms with Crippen molar-refractivity contribution >= 4 is 5.82 Å². The zero-order chi connectivity index (χ0) is 11.7. The minimum absolute atomic E-state index is 0.252. The van der Waals surface area contributed by atoms with Crippen molar-refractivity contribution in [3.8, 4) is 11.1 Å². The largest absolute Gasteiger partial charge is 0.382 e. The first kappa shape index (κ1) is 10.6. The van der Waals surface area contributed by atoms with Crippen LogP contribution in [0.5, 0.6) is 0 Å². The molecule has 0 bridgehead atoms. The number of hydrogen-bond donors (Lipinski definition) is 2. The molecule has 0 saturated heterocycles. The molecule has 0 fully saturated rings. The molecule has 0 atom stereocenters. The average Bonchev–Trinajstić information content (AvgIpc) is 2.58. The minimum atomic E-state index is -0.627. The summed E-state index contributed by atoms with van der Waals surface area (Å²) in [6, 6.07) is 3.30. The van der Waals surface area contributed by atoms with Crippen molar-refractivity contribution in [2.24, 2.45) is 0 Å². The lowest BCUT2D eigenvalue weighted by Gasteiger charge is -2.03. The maximum atomic E-state index is 13.1. The van der Waals surface area contributed by atoms with Gasteiger partial charge < -0.3 is 5.73 Å². The van der Waals surface area contributed by atoms with Crippen LogP contribution < -0.4 is 5.73 Å². The van der Waals surface area contributed by atoms with Gasteiger partial charge in [-0.15, -0.1) is 0 Å². The fraction of sp³-hybridized carbons (Fsp3) is 0.182. The topological polar surface area (TPSA) is 54.7 Å². The predicted octanol–water partition coefficient (Wildman–Crippen LogP) is 2.50. The van der Waals surface area contributed by atoms with Crippen LogP contribution in [0.15, 0.2) is 18.2 Å². The van der Waals surface area contributed by atoms with E-state index in [-0.39, 0.29) is 5.82 Å².